The molecule has 0 radical (unpaired) electrons. The molecule has 1 unspecified atom stereocenters. The van der Waals surface area contributed by atoms with Gasteiger partial charge in [0, 0.05) is 24.5 Å². The Hall–Kier alpha value is -2.64. The fourth-order valence-electron chi connectivity index (χ4n) is 3.97. The van der Waals surface area contributed by atoms with Crippen LogP contribution in [0.3, 0.4) is 0 Å². The average Bonchev–Trinajstić information content (AvgIpc) is 2.85. The van der Waals surface area contributed by atoms with E-state index in [1.165, 1.54) is 12.7 Å². The third kappa shape index (κ3) is 8.95. The molecular formula is C29H38ClNO3. The van der Waals surface area contributed by atoms with E-state index in [0.29, 0.717) is 18.1 Å². The van der Waals surface area contributed by atoms with E-state index in [4.69, 9.17) is 21.1 Å². The lowest BCUT2D eigenvalue weighted by Gasteiger charge is -2.29. The smallest absolute Gasteiger partial charge is 0.337 e. The summed E-state index contributed by atoms with van der Waals surface area (Å²) in [6, 6.07) is 13.6. The number of anilines is 1. The lowest BCUT2D eigenvalue weighted by Crippen LogP contribution is -2.30. The van der Waals surface area contributed by atoms with Gasteiger partial charge in [-0.25, -0.2) is 4.79 Å². The minimum atomic E-state index is -0.337. The molecule has 0 spiro atoms. The Labute approximate surface area is 210 Å². The first-order chi connectivity index (χ1) is 16.5. The molecule has 0 amide bonds. The molecule has 0 fully saturated rings. The molecule has 34 heavy (non-hydrogen) atoms. The zero-order valence-corrected chi connectivity index (χ0v) is 21.8. The quantitative estimate of drug-likeness (QED) is 0.162. The van der Waals surface area contributed by atoms with Gasteiger partial charge in [-0.15, -0.1) is 11.8 Å². The Morgan fingerprint density at radius 1 is 1.15 bits per heavy atom. The molecule has 0 N–H and O–H groups in total. The van der Waals surface area contributed by atoms with Crippen molar-refractivity contribution >= 4 is 23.3 Å². The van der Waals surface area contributed by atoms with Crippen molar-refractivity contribution in [2.75, 3.05) is 31.7 Å². The number of aryl methyl sites for hydroxylation is 1. The van der Waals surface area contributed by atoms with Crippen LogP contribution in [0.5, 0.6) is 5.75 Å². The summed E-state index contributed by atoms with van der Waals surface area (Å²) >= 11 is 6.08. The SMILES string of the molecule is CC#CCCC(CC)CN(CC)c1cc(C(=O)OC)ccc1OCCCCc1cccc(Cl)c1. The number of rotatable bonds is 14. The number of carbonyl (C=O) groups excluding carboxylic acids is 1. The molecule has 2 aromatic carbocycles. The topological polar surface area (TPSA) is 38.8 Å². The molecule has 0 saturated heterocycles. The Kier molecular flexibility index (Phi) is 12.4. The molecule has 4 nitrogen and oxygen atoms in total. The molecule has 1 atom stereocenters. The molecule has 2 aromatic rings. The number of esters is 1. The van der Waals surface area contributed by atoms with Crippen LogP contribution >= 0.6 is 11.6 Å². The van der Waals surface area contributed by atoms with Crippen molar-refractivity contribution in [3.05, 3.63) is 58.6 Å². The van der Waals surface area contributed by atoms with Crippen molar-refractivity contribution in [1.29, 1.82) is 0 Å². The largest absolute Gasteiger partial charge is 0.491 e. The Morgan fingerprint density at radius 2 is 1.97 bits per heavy atom. The summed E-state index contributed by atoms with van der Waals surface area (Å²) in [7, 11) is 1.41. The Morgan fingerprint density at radius 3 is 2.65 bits per heavy atom. The number of hydrogen-bond donors (Lipinski definition) is 0. The third-order valence-electron chi connectivity index (χ3n) is 6.02. The van der Waals surface area contributed by atoms with Crippen molar-refractivity contribution in [2.24, 2.45) is 5.92 Å². The van der Waals surface area contributed by atoms with Gasteiger partial charge in [0.2, 0.25) is 0 Å². The molecule has 0 bridgehead atoms. The highest BCUT2D eigenvalue weighted by Crippen LogP contribution is 2.32. The average molecular weight is 484 g/mol. The molecule has 0 aliphatic carbocycles. The maximum absolute atomic E-state index is 12.2. The normalized spacial score (nSPS) is 11.3. The van der Waals surface area contributed by atoms with Gasteiger partial charge >= 0.3 is 5.97 Å². The second kappa shape index (κ2) is 15.3. The van der Waals surface area contributed by atoms with E-state index in [1.807, 2.05) is 37.3 Å². The predicted octanol–water partition coefficient (Wildman–Crippen LogP) is 7.18. The highest BCUT2D eigenvalue weighted by atomic mass is 35.5. The Balaban J connectivity index is 2.08. The highest BCUT2D eigenvalue weighted by molar-refractivity contribution is 6.30. The van der Waals surface area contributed by atoms with E-state index in [9.17, 15) is 4.79 Å². The monoisotopic (exact) mass is 483 g/mol. The molecule has 0 aromatic heterocycles. The summed E-state index contributed by atoms with van der Waals surface area (Å²) in [5, 5.41) is 0.774. The summed E-state index contributed by atoms with van der Waals surface area (Å²) < 4.78 is 11.2. The molecular weight excluding hydrogens is 446 g/mol. The zero-order chi connectivity index (χ0) is 24.8. The van der Waals surface area contributed by atoms with Gasteiger partial charge in [-0.1, -0.05) is 37.1 Å². The summed E-state index contributed by atoms with van der Waals surface area (Å²) in [6.45, 7) is 8.58. The van der Waals surface area contributed by atoms with Gasteiger partial charge in [-0.2, -0.15) is 0 Å². The maximum Gasteiger partial charge on any atom is 0.337 e. The van der Waals surface area contributed by atoms with Crippen molar-refractivity contribution in [2.45, 2.75) is 59.3 Å². The van der Waals surface area contributed by atoms with Crippen molar-refractivity contribution in [3.63, 3.8) is 0 Å². The number of ether oxygens (including phenoxy) is 2. The van der Waals surface area contributed by atoms with E-state index in [-0.39, 0.29) is 5.97 Å². The molecule has 0 aliphatic rings. The van der Waals surface area contributed by atoms with Crippen molar-refractivity contribution in [1.82, 2.24) is 0 Å². The number of benzene rings is 2. The molecule has 2 rings (SSSR count). The van der Waals surface area contributed by atoms with Gasteiger partial charge in [0.05, 0.1) is 25.0 Å². The summed E-state index contributed by atoms with van der Waals surface area (Å²) in [5.74, 6) is 7.16. The summed E-state index contributed by atoms with van der Waals surface area (Å²) in [4.78, 5) is 14.5. The number of halogens is 1. The first-order valence-corrected chi connectivity index (χ1v) is 12.6. The van der Waals surface area contributed by atoms with E-state index in [0.717, 1.165) is 68.1 Å². The van der Waals surface area contributed by atoms with Gasteiger partial charge < -0.3 is 14.4 Å². The lowest BCUT2D eigenvalue weighted by atomic mass is 9.99. The van der Waals surface area contributed by atoms with Gasteiger partial charge in [-0.3, -0.25) is 0 Å². The van der Waals surface area contributed by atoms with Crippen LogP contribution in [0.25, 0.3) is 0 Å². The minimum absolute atomic E-state index is 0.337. The third-order valence-corrected chi connectivity index (χ3v) is 6.25. The van der Waals surface area contributed by atoms with Crippen LogP contribution < -0.4 is 9.64 Å². The molecule has 0 saturated carbocycles. The number of nitrogens with zero attached hydrogens (tertiary/aromatic N) is 1. The van der Waals surface area contributed by atoms with Crippen LogP contribution in [0.2, 0.25) is 5.02 Å². The van der Waals surface area contributed by atoms with Crippen LogP contribution in [-0.2, 0) is 11.2 Å². The van der Waals surface area contributed by atoms with Crippen LogP contribution in [0, 0.1) is 17.8 Å². The second-order valence-electron chi connectivity index (χ2n) is 8.39. The van der Waals surface area contributed by atoms with E-state index < -0.39 is 0 Å². The molecule has 5 heteroatoms. The number of unbranched alkanes of at least 4 members (excludes halogenated alkanes) is 1. The maximum atomic E-state index is 12.2. The first kappa shape index (κ1) is 27.6. The molecule has 0 aliphatic heterocycles. The van der Waals surface area contributed by atoms with Crippen LogP contribution in [0.1, 0.15) is 68.8 Å². The van der Waals surface area contributed by atoms with Crippen molar-refractivity contribution < 1.29 is 14.3 Å². The van der Waals surface area contributed by atoms with E-state index in [1.54, 1.807) is 6.07 Å². The lowest BCUT2D eigenvalue weighted by molar-refractivity contribution is 0.0600. The highest BCUT2D eigenvalue weighted by Gasteiger charge is 2.18. The van der Waals surface area contributed by atoms with E-state index >= 15 is 0 Å². The van der Waals surface area contributed by atoms with Crippen molar-refractivity contribution in [3.8, 4) is 17.6 Å². The van der Waals surface area contributed by atoms with Gasteiger partial charge in [0.25, 0.3) is 0 Å². The van der Waals surface area contributed by atoms with Crippen LogP contribution in [0.4, 0.5) is 5.69 Å². The number of hydrogen-bond acceptors (Lipinski definition) is 4. The van der Waals surface area contributed by atoms with Gasteiger partial charge in [-0.05, 0) is 81.3 Å². The molecule has 184 valence electrons. The van der Waals surface area contributed by atoms with E-state index in [2.05, 4.69) is 36.7 Å². The van der Waals surface area contributed by atoms with Crippen LogP contribution in [0.15, 0.2) is 42.5 Å². The number of methoxy groups -OCH3 is 1. The fourth-order valence-corrected chi connectivity index (χ4v) is 4.19. The summed E-state index contributed by atoms with van der Waals surface area (Å²) in [5.41, 5.74) is 2.72. The molecule has 0 heterocycles. The Bertz CT molecular complexity index is 963. The van der Waals surface area contributed by atoms with Gasteiger partial charge in [0.1, 0.15) is 5.75 Å². The van der Waals surface area contributed by atoms with Crippen LogP contribution in [-0.4, -0.2) is 32.8 Å². The predicted molar refractivity (Wildman–Crippen MR) is 142 cm³/mol. The minimum Gasteiger partial charge on any atom is -0.491 e. The zero-order valence-electron chi connectivity index (χ0n) is 21.0. The summed E-state index contributed by atoms with van der Waals surface area (Å²) in [6.07, 6.45) is 5.97. The van der Waals surface area contributed by atoms with Gasteiger partial charge in [0.15, 0.2) is 0 Å². The first-order valence-electron chi connectivity index (χ1n) is 12.3. The number of carbonyl (C=O) groups is 1. The standard InChI is InChI=1S/C29H38ClNO3/c1-5-8-9-13-23(6-2)22-31(7-3)27-21-25(29(32)33-4)17-18-28(27)34-19-11-10-14-24-15-12-16-26(30)20-24/h12,15-18,20-21,23H,6-7,9-11,13-14,19,22H2,1-4H3. The fraction of sp³-hybridized carbons (Fsp3) is 0.483. The second-order valence-corrected chi connectivity index (χ2v) is 8.82.